The van der Waals surface area contributed by atoms with Crippen molar-refractivity contribution in [2.75, 3.05) is 7.05 Å². The van der Waals surface area contributed by atoms with Gasteiger partial charge in [0.25, 0.3) is 5.69 Å². The molecule has 1 heterocycles. The monoisotopic (exact) mass is 318 g/mol. The Kier molecular flexibility index (Phi) is 5.48. The van der Waals surface area contributed by atoms with Crippen LogP contribution < -0.4 is 10.6 Å². The number of nitrogens with zero attached hydrogens (tertiary/aromatic N) is 2. The molecule has 1 aromatic heterocycles. The van der Waals surface area contributed by atoms with Gasteiger partial charge in [-0.2, -0.15) is 0 Å². The Morgan fingerprint density at radius 1 is 1.32 bits per heavy atom. The van der Waals surface area contributed by atoms with E-state index in [0.29, 0.717) is 19.0 Å². The van der Waals surface area contributed by atoms with E-state index in [1.165, 1.54) is 16.5 Å². The van der Waals surface area contributed by atoms with Crippen LogP contribution in [0.2, 0.25) is 0 Å². The molecule has 116 valence electrons. The van der Waals surface area contributed by atoms with Gasteiger partial charge in [0.1, 0.15) is 0 Å². The van der Waals surface area contributed by atoms with Gasteiger partial charge >= 0.3 is 0 Å². The van der Waals surface area contributed by atoms with Crippen LogP contribution >= 0.6 is 11.3 Å². The predicted molar refractivity (Wildman–Crippen MR) is 89.2 cm³/mol. The molecule has 22 heavy (non-hydrogen) atoms. The largest absolute Gasteiger partial charge is 0.352 e. The lowest BCUT2D eigenvalue weighted by atomic mass is 10.2. The van der Waals surface area contributed by atoms with Gasteiger partial charge in [-0.25, -0.2) is 0 Å². The highest BCUT2D eigenvalue weighted by Crippen LogP contribution is 2.15. The molecule has 0 spiro atoms. The van der Waals surface area contributed by atoms with Crippen LogP contribution in [0.3, 0.4) is 0 Å². The van der Waals surface area contributed by atoms with Crippen LogP contribution in [0, 0.1) is 17.0 Å². The van der Waals surface area contributed by atoms with E-state index in [9.17, 15) is 10.1 Å². The Morgan fingerprint density at radius 2 is 2.09 bits per heavy atom. The summed E-state index contributed by atoms with van der Waals surface area (Å²) >= 11 is 1.70. The summed E-state index contributed by atoms with van der Waals surface area (Å²) in [7, 11) is 1.70. The topological polar surface area (TPSA) is 79.6 Å². The summed E-state index contributed by atoms with van der Waals surface area (Å²) < 4.78 is 0. The average molecular weight is 318 g/mol. The van der Waals surface area contributed by atoms with Crippen LogP contribution in [-0.2, 0) is 13.1 Å². The number of guanidine groups is 1. The van der Waals surface area contributed by atoms with Crippen molar-refractivity contribution in [2.45, 2.75) is 20.0 Å². The highest BCUT2D eigenvalue weighted by atomic mass is 32.1. The number of rotatable bonds is 5. The van der Waals surface area contributed by atoms with Crippen molar-refractivity contribution in [3.63, 3.8) is 0 Å². The first-order chi connectivity index (χ1) is 10.6. The first-order valence-corrected chi connectivity index (χ1v) is 7.69. The summed E-state index contributed by atoms with van der Waals surface area (Å²) in [4.78, 5) is 15.8. The third-order valence-corrected chi connectivity index (χ3v) is 4.21. The third-order valence-electron chi connectivity index (χ3n) is 3.19. The molecule has 0 atom stereocenters. The highest BCUT2D eigenvalue weighted by molar-refractivity contribution is 7.10. The number of benzene rings is 1. The minimum atomic E-state index is -0.393. The number of non-ortho nitro benzene ring substituents is 1. The molecule has 0 radical (unpaired) electrons. The second-order valence-corrected chi connectivity index (χ2v) is 5.73. The van der Waals surface area contributed by atoms with Crippen molar-refractivity contribution in [2.24, 2.45) is 4.99 Å². The van der Waals surface area contributed by atoms with Gasteiger partial charge in [-0.1, -0.05) is 12.1 Å². The number of aryl methyl sites for hydroxylation is 1. The Bertz CT molecular complexity index is 682. The number of aliphatic imine (C=N–C) groups is 1. The SMILES string of the molecule is CN=C(NCc1cccc([N+](=O)[O-])c1)NCc1sccc1C. The molecule has 0 aliphatic heterocycles. The fourth-order valence-corrected chi connectivity index (χ4v) is 2.78. The number of nitrogens with one attached hydrogen (secondary N) is 2. The van der Waals surface area contributed by atoms with E-state index < -0.39 is 4.92 Å². The summed E-state index contributed by atoms with van der Waals surface area (Å²) in [6.45, 7) is 3.26. The van der Waals surface area contributed by atoms with Gasteiger partial charge in [-0.3, -0.25) is 15.1 Å². The Hall–Kier alpha value is -2.41. The Balaban J connectivity index is 1.90. The van der Waals surface area contributed by atoms with Crippen LogP contribution in [0.25, 0.3) is 0 Å². The molecule has 6 nitrogen and oxygen atoms in total. The molecule has 2 aromatic rings. The van der Waals surface area contributed by atoms with Crippen molar-refractivity contribution in [3.8, 4) is 0 Å². The lowest BCUT2D eigenvalue weighted by Gasteiger charge is -2.11. The van der Waals surface area contributed by atoms with Gasteiger partial charge in [-0.05, 0) is 29.5 Å². The quantitative estimate of drug-likeness (QED) is 0.384. The number of hydrogen-bond acceptors (Lipinski definition) is 4. The summed E-state index contributed by atoms with van der Waals surface area (Å²) in [5, 5.41) is 19.2. The highest BCUT2D eigenvalue weighted by Gasteiger charge is 2.06. The zero-order valence-electron chi connectivity index (χ0n) is 12.5. The number of hydrogen-bond donors (Lipinski definition) is 2. The minimum absolute atomic E-state index is 0.0939. The molecule has 0 aliphatic rings. The van der Waals surface area contributed by atoms with Gasteiger partial charge in [0.2, 0.25) is 0 Å². The molecule has 0 saturated carbocycles. The second kappa shape index (κ2) is 7.56. The predicted octanol–water partition coefficient (Wildman–Crippen LogP) is 2.83. The molecule has 0 saturated heterocycles. The Morgan fingerprint density at radius 3 is 2.73 bits per heavy atom. The van der Waals surface area contributed by atoms with Crippen molar-refractivity contribution in [1.82, 2.24) is 10.6 Å². The molecule has 7 heteroatoms. The van der Waals surface area contributed by atoms with Crippen molar-refractivity contribution in [3.05, 3.63) is 61.8 Å². The molecule has 1 aromatic carbocycles. The van der Waals surface area contributed by atoms with E-state index in [1.807, 2.05) is 6.07 Å². The van der Waals surface area contributed by atoms with Crippen molar-refractivity contribution >= 4 is 23.0 Å². The van der Waals surface area contributed by atoms with E-state index in [1.54, 1.807) is 30.5 Å². The molecule has 0 unspecified atom stereocenters. The van der Waals surface area contributed by atoms with Gasteiger partial charge in [0.05, 0.1) is 11.5 Å². The maximum atomic E-state index is 10.8. The molecule has 2 N–H and O–H groups in total. The number of thiophene rings is 1. The summed E-state index contributed by atoms with van der Waals surface area (Å²) in [5.41, 5.74) is 2.19. The minimum Gasteiger partial charge on any atom is -0.352 e. The lowest BCUT2D eigenvalue weighted by molar-refractivity contribution is -0.384. The first-order valence-electron chi connectivity index (χ1n) is 6.81. The zero-order valence-corrected chi connectivity index (χ0v) is 13.3. The van der Waals surface area contributed by atoms with Crippen molar-refractivity contribution in [1.29, 1.82) is 0 Å². The smallest absolute Gasteiger partial charge is 0.269 e. The molecule has 0 fully saturated rings. The van der Waals surface area contributed by atoms with E-state index in [4.69, 9.17) is 0 Å². The van der Waals surface area contributed by atoms with E-state index >= 15 is 0 Å². The second-order valence-electron chi connectivity index (χ2n) is 4.73. The summed E-state index contributed by atoms with van der Waals surface area (Å²) in [6.07, 6.45) is 0. The Labute approximate surface area is 133 Å². The van der Waals surface area contributed by atoms with Gasteiger partial charge in [0, 0.05) is 30.6 Å². The van der Waals surface area contributed by atoms with Crippen LogP contribution in [0.4, 0.5) is 5.69 Å². The van der Waals surface area contributed by atoms with E-state index in [0.717, 1.165) is 5.56 Å². The van der Waals surface area contributed by atoms with E-state index in [-0.39, 0.29) is 5.69 Å². The third kappa shape index (κ3) is 4.29. The lowest BCUT2D eigenvalue weighted by Crippen LogP contribution is -2.36. The van der Waals surface area contributed by atoms with Crippen LogP contribution in [0.5, 0.6) is 0 Å². The molecule has 0 aliphatic carbocycles. The van der Waals surface area contributed by atoms with Gasteiger partial charge in [0.15, 0.2) is 5.96 Å². The average Bonchev–Trinajstić information content (AvgIpc) is 2.93. The summed E-state index contributed by atoms with van der Waals surface area (Å²) in [5.74, 6) is 0.666. The zero-order chi connectivity index (χ0) is 15.9. The molecular weight excluding hydrogens is 300 g/mol. The summed E-state index contributed by atoms with van der Waals surface area (Å²) in [6, 6.07) is 8.65. The molecule has 0 amide bonds. The molecule has 0 bridgehead atoms. The normalized spacial score (nSPS) is 11.3. The van der Waals surface area contributed by atoms with Crippen LogP contribution in [-0.4, -0.2) is 17.9 Å². The maximum absolute atomic E-state index is 10.8. The fourth-order valence-electron chi connectivity index (χ4n) is 1.94. The first kappa shape index (κ1) is 16.0. The van der Waals surface area contributed by atoms with Gasteiger partial charge < -0.3 is 10.6 Å². The number of nitro benzene ring substituents is 1. The van der Waals surface area contributed by atoms with E-state index in [2.05, 4.69) is 34.0 Å². The standard InChI is InChI=1S/C15H18N4O2S/c1-11-6-7-22-14(11)10-18-15(16-2)17-9-12-4-3-5-13(8-12)19(20)21/h3-8H,9-10H2,1-2H3,(H2,16,17,18). The molecule has 2 rings (SSSR count). The maximum Gasteiger partial charge on any atom is 0.269 e. The van der Waals surface area contributed by atoms with Crippen LogP contribution in [0.1, 0.15) is 16.0 Å². The fraction of sp³-hybridized carbons (Fsp3) is 0.267. The van der Waals surface area contributed by atoms with Crippen LogP contribution in [0.15, 0.2) is 40.7 Å². The molecular formula is C15H18N4O2S. The number of nitro groups is 1. The van der Waals surface area contributed by atoms with Crippen molar-refractivity contribution < 1.29 is 4.92 Å². The van der Waals surface area contributed by atoms with Gasteiger partial charge in [-0.15, -0.1) is 11.3 Å².